The van der Waals surface area contributed by atoms with Gasteiger partial charge >= 0.3 is 0 Å². The highest BCUT2D eigenvalue weighted by molar-refractivity contribution is 7.98. The van der Waals surface area contributed by atoms with Crippen molar-refractivity contribution < 1.29 is 0 Å². The molecule has 0 unspecified atom stereocenters. The van der Waals surface area contributed by atoms with Crippen LogP contribution in [0.2, 0.25) is 0 Å². The molecule has 0 radical (unpaired) electrons. The molecule has 1 aromatic rings. The number of nitrogens with zero attached hydrogens (tertiary/aromatic N) is 3. The fourth-order valence-electron chi connectivity index (χ4n) is 0.861. The van der Waals surface area contributed by atoms with Crippen LogP contribution in [0.15, 0.2) is 11.2 Å². The van der Waals surface area contributed by atoms with Crippen LogP contribution >= 0.6 is 11.8 Å². The van der Waals surface area contributed by atoms with Gasteiger partial charge < -0.3 is 10.2 Å². The molecule has 0 aliphatic heterocycles. The average molecular weight is 198 g/mol. The maximum absolute atomic E-state index is 4.34. The first-order valence-electron chi connectivity index (χ1n) is 3.95. The third-order valence-corrected chi connectivity index (χ3v) is 2.14. The Bertz CT molecular complexity index is 265. The average Bonchev–Trinajstić information content (AvgIpc) is 2.16. The van der Waals surface area contributed by atoms with Crippen LogP contribution in [0, 0.1) is 0 Å². The van der Waals surface area contributed by atoms with Gasteiger partial charge in [0.1, 0.15) is 11.6 Å². The summed E-state index contributed by atoms with van der Waals surface area (Å²) < 4.78 is 0. The molecule has 0 saturated carbocycles. The third kappa shape index (κ3) is 2.48. The zero-order valence-electron chi connectivity index (χ0n) is 8.33. The second-order valence-corrected chi connectivity index (χ2v) is 3.52. The van der Waals surface area contributed by atoms with Crippen molar-refractivity contribution in [2.24, 2.45) is 0 Å². The largest absolute Gasteiger partial charge is 0.373 e. The van der Waals surface area contributed by atoms with Crippen LogP contribution in [-0.2, 0) is 0 Å². The van der Waals surface area contributed by atoms with Gasteiger partial charge in [-0.25, -0.2) is 9.97 Å². The van der Waals surface area contributed by atoms with Crippen LogP contribution in [0.3, 0.4) is 0 Å². The first-order chi connectivity index (χ1) is 6.17. The van der Waals surface area contributed by atoms with E-state index < -0.39 is 0 Å². The van der Waals surface area contributed by atoms with Gasteiger partial charge in [0.25, 0.3) is 0 Å². The number of hydrogen-bond acceptors (Lipinski definition) is 5. The highest BCUT2D eigenvalue weighted by atomic mass is 32.2. The van der Waals surface area contributed by atoms with Gasteiger partial charge in [0, 0.05) is 27.2 Å². The van der Waals surface area contributed by atoms with Crippen molar-refractivity contribution in [2.45, 2.75) is 5.16 Å². The smallest absolute Gasteiger partial charge is 0.191 e. The van der Waals surface area contributed by atoms with Crippen molar-refractivity contribution in [3.8, 4) is 0 Å². The maximum Gasteiger partial charge on any atom is 0.191 e. The minimum Gasteiger partial charge on any atom is -0.373 e. The van der Waals surface area contributed by atoms with Crippen LogP contribution in [0.4, 0.5) is 11.6 Å². The quantitative estimate of drug-likeness (QED) is 0.586. The lowest BCUT2D eigenvalue weighted by molar-refractivity contribution is 0.932. The Kier molecular flexibility index (Phi) is 3.36. The number of rotatable bonds is 3. The molecule has 1 heterocycles. The van der Waals surface area contributed by atoms with E-state index >= 15 is 0 Å². The Hall–Kier alpha value is -0.970. The molecular formula is C8H14N4S. The Morgan fingerprint density at radius 2 is 2.08 bits per heavy atom. The molecule has 0 atom stereocenters. The monoisotopic (exact) mass is 198 g/mol. The van der Waals surface area contributed by atoms with Crippen LogP contribution < -0.4 is 10.2 Å². The van der Waals surface area contributed by atoms with Crippen molar-refractivity contribution >= 4 is 23.4 Å². The molecule has 1 rings (SSSR count). The van der Waals surface area contributed by atoms with Crippen LogP contribution in [0.5, 0.6) is 0 Å². The van der Waals surface area contributed by atoms with E-state index in [1.807, 2.05) is 38.4 Å². The molecule has 72 valence electrons. The molecule has 0 amide bonds. The van der Waals surface area contributed by atoms with E-state index in [2.05, 4.69) is 15.3 Å². The number of anilines is 2. The summed E-state index contributed by atoms with van der Waals surface area (Å²) in [5, 5.41) is 3.79. The molecule has 0 fully saturated rings. The lowest BCUT2D eigenvalue weighted by Gasteiger charge is -2.12. The van der Waals surface area contributed by atoms with Gasteiger partial charge in [0.15, 0.2) is 5.16 Å². The molecule has 4 nitrogen and oxygen atoms in total. The first-order valence-corrected chi connectivity index (χ1v) is 5.18. The van der Waals surface area contributed by atoms with Crippen molar-refractivity contribution in [3.05, 3.63) is 6.07 Å². The SMILES string of the molecule is CNc1cc(N(C)C)nc(SC)n1. The second-order valence-electron chi connectivity index (χ2n) is 2.74. The highest BCUT2D eigenvalue weighted by Gasteiger charge is 2.03. The lowest BCUT2D eigenvalue weighted by atomic mass is 10.5. The molecule has 0 saturated heterocycles. The van der Waals surface area contributed by atoms with E-state index in [1.54, 1.807) is 11.8 Å². The van der Waals surface area contributed by atoms with Gasteiger partial charge in [0.05, 0.1) is 0 Å². The predicted molar refractivity (Wildman–Crippen MR) is 57.7 cm³/mol. The fraction of sp³-hybridized carbons (Fsp3) is 0.500. The zero-order chi connectivity index (χ0) is 9.84. The molecule has 0 spiro atoms. The van der Waals surface area contributed by atoms with Gasteiger partial charge in [0.2, 0.25) is 0 Å². The van der Waals surface area contributed by atoms with Crippen molar-refractivity contribution in [1.29, 1.82) is 0 Å². The van der Waals surface area contributed by atoms with E-state index in [4.69, 9.17) is 0 Å². The normalized spacial score (nSPS) is 9.85. The number of thioether (sulfide) groups is 1. The number of hydrogen-bond donors (Lipinski definition) is 1. The number of nitrogens with one attached hydrogen (secondary N) is 1. The van der Waals surface area contributed by atoms with Gasteiger partial charge in [-0.1, -0.05) is 11.8 Å². The number of aromatic nitrogens is 2. The summed E-state index contributed by atoms with van der Waals surface area (Å²) in [6, 6.07) is 1.92. The highest BCUT2D eigenvalue weighted by Crippen LogP contribution is 2.18. The van der Waals surface area contributed by atoms with Crippen molar-refractivity contribution in [1.82, 2.24) is 9.97 Å². The van der Waals surface area contributed by atoms with Gasteiger partial charge in [-0.15, -0.1) is 0 Å². The molecule has 0 aromatic carbocycles. The van der Waals surface area contributed by atoms with E-state index in [0.29, 0.717) is 0 Å². The molecule has 5 heteroatoms. The van der Waals surface area contributed by atoms with Crippen LogP contribution in [0.25, 0.3) is 0 Å². The molecule has 0 aliphatic carbocycles. The molecule has 0 aliphatic rings. The Morgan fingerprint density at radius 3 is 2.54 bits per heavy atom. The molecule has 1 N–H and O–H groups in total. The fourth-order valence-corrected chi connectivity index (χ4v) is 1.24. The summed E-state index contributed by atoms with van der Waals surface area (Å²) in [5.74, 6) is 1.77. The summed E-state index contributed by atoms with van der Waals surface area (Å²) >= 11 is 1.54. The summed E-state index contributed by atoms with van der Waals surface area (Å²) in [6.07, 6.45) is 1.97. The van der Waals surface area contributed by atoms with E-state index in [1.165, 1.54) is 0 Å². The van der Waals surface area contributed by atoms with Crippen LogP contribution in [-0.4, -0.2) is 37.4 Å². The minimum atomic E-state index is 0.788. The van der Waals surface area contributed by atoms with E-state index in [0.717, 1.165) is 16.8 Å². The van der Waals surface area contributed by atoms with Crippen molar-refractivity contribution in [2.75, 3.05) is 37.6 Å². The summed E-state index contributed by atoms with van der Waals surface area (Å²) in [7, 11) is 5.78. The molecular weight excluding hydrogens is 184 g/mol. The molecule has 1 aromatic heterocycles. The van der Waals surface area contributed by atoms with Crippen molar-refractivity contribution in [3.63, 3.8) is 0 Å². The van der Waals surface area contributed by atoms with E-state index in [-0.39, 0.29) is 0 Å². The summed E-state index contributed by atoms with van der Waals surface area (Å²) in [4.78, 5) is 10.6. The maximum atomic E-state index is 4.34. The molecule has 13 heavy (non-hydrogen) atoms. The Labute approximate surface area is 82.8 Å². The lowest BCUT2D eigenvalue weighted by Crippen LogP contribution is -2.12. The first kappa shape index (κ1) is 10.1. The minimum absolute atomic E-state index is 0.788. The van der Waals surface area contributed by atoms with Gasteiger partial charge in [-0.2, -0.15) is 0 Å². The third-order valence-electron chi connectivity index (χ3n) is 1.59. The topological polar surface area (TPSA) is 41.0 Å². The zero-order valence-corrected chi connectivity index (χ0v) is 9.14. The Balaban J connectivity index is 3.07. The summed E-state index contributed by atoms with van der Waals surface area (Å²) in [6.45, 7) is 0. The summed E-state index contributed by atoms with van der Waals surface area (Å²) in [5.41, 5.74) is 0. The van der Waals surface area contributed by atoms with Crippen LogP contribution in [0.1, 0.15) is 0 Å². The van der Waals surface area contributed by atoms with Gasteiger partial charge in [-0.3, -0.25) is 0 Å². The predicted octanol–water partition coefficient (Wildman–Crippen LogP) is 1.31. The Morgan fingerprint density at radius 1 is 1.38 bits per heavy atom. The van der Waals surface area contributed by atoms with E-state index in [9.17, 15) is 0 Å². The molecule has 0 bridgehead atoms. The van der Waals surface area contributed by atoms with Gasteiger partial charge in [-0.05, 0) is 6.26 Å². The standard InChI is InChI=1S/C8H14N4S/c1-9-6-5-7(12(2)3)11-8(10-6)13-4/h5H,1-4H3,(H,9,10,11). The second kappa shape index (κ2) is 4.32.